The van der Waals surface area contributed by atoms with Crippen LogP contribution < -0.4 is 5.32 Å². The van der Waals surface area contributed by atoms with Gasteiger partial charge in [0.15, 0.2) is 0 Å². The van der Waals surface area contributed by atoms with Crippen molar-refractivity contribution in [1.82, 2.24) is 10.2 Å². The molecule has 1 N–H and O–H groups in total. The molecule has 4 rings (SSSR count). The average Bonchev–Trinajstić information content (AvgIpc) is 3.26. The summed E-state index contributed by atoms with van der Waals surface area (Å²) >= 11 is 0. The zero-order valence-corrected chi connectivity index (χ0v) is 14.9. The van der Waals surface area contributed by atoms with Gasteiger partial charge in [-0.2, -0.15) is 0 Å². The first-order chi connectivity index (χ1) is 12.2. The van der Waals surface area contributed by atoms with Gasteiger partial charge in [0.1, 0.15) is 0 Å². The highest BCUT2D eigenvalue weighted by Gasteiger charge is 2.22. The van der Waals surface area contributed by atoms with E-state index in [9.17, 15) is 4.79 Å². The molecule has 0 radical (unpaired) electrons. The monoisotopic (exact) mass is 334 g/mol. The first-order valence-corrected chi connectivity index (χ1v) is 9.37. The molecule has 2 fully saturated rings. The molecular formula is C22H26N2O. The maximum Gasteiger partial charge on any atom is 0.220 e. The van der Waals surface area contributed by atoms with Crippen LogP contribution in [0.1, 0.15) is 41.9 Å². The Kier molecular flexibility index (Phi) is 4.58. The van der Waals surface area contributed by atoms with E-state index in [2.05, 4.69) is 59.6 Å². The second kappa shape index (κ2) is 7.01. The molecule has 0 spiro atoms. The third-order valence-corrected chi connectivity index (χ3v) is 5.43. The Balaban J connectivity index is 1.54. The fourth-order valence-corrected chi connectivity index (χ4v) is 4.11. The van der Waals surface area contributed by atoms with Gasteiger partial charge in [0.05, 0.1) is 0 Å². The number of nitrogens with one attached hydrogen (secondary N) is 1. The molecule has 2 aliphatic heterocycles. The molecule has 2 aromatic carbocycles. The van der Waals surface area contributed by atoms with E-state index in [4.69, 9.17) is 0 Å². The molecule has 0 aromatic heterocycles. The molecule has 0 bridgehead atoms. The molecule has 0 saturated carbocycles. The largest absolute Gasteiger partial charge is 0.355 e. The fourth-order valence-electron chi connectivity index (χ4n) is 4.11. The van der Waals surface area contributed by atoms with Gasteiger partial charge in [0, 0.05) is 25.4 Å². The topological polar surface area (TPSA) is 32.3 Å². The van der Waals surface area contributed by atoms with Crippen molar-refractivity contribution in [2.45, 2.75) is 38.6 Å². The summed E-state index contributed by atoms with van der Waals surface area (Å²) in [6.07, 6.45) is 3.28. The zero-order valence-electron chi connectivity index (χ0n) is 14.9. The van der Waals surface area contributed by atoms with Crippen molar-refractivity contribution in [3.05, 3.63) is 59.2 Å². The second-order valence-electron chi connectivity index (χ2n) is 7.52. The summed E-state index contributed by atoms with van der Waals surface area (Å²) in [6, 6.07) is 15.7. The van der Waals surface area contributed by atoms with Gasteiger partial charge in [0.25, 0.3) is 0 Å². The van der Waals surface area contributed by atoms with E-state index in [-0.39, 0.29) is 5.91 Å². The second-order valence-corrected chi connectivity index (χ2v) is 7.52. The Bertz CT molecular complexity index is 760. The van der Waals surface area contributed by atoms with Crippen molar-refractivity contribution in [3.63, 3.8) is 0 Å². The first kappa shape index (κ1) is 16.3. The van der Waals surface area contributed by atoms with Gasteiger partial charge in [-0.25, -0.2) is 0 Å². The van der Waals surface area contributed by atoms with Gasteiger partial charge in [0.2, 0.25) is 5.91 Å². The Hall–Kier alpha value is -2.13. The van der Waals surface area contributed by atoms with Crippen LogP contribution in [-0.4, -0.2) is 30.4 Å². The number of rotatable bonds is 4. The van der Waals surface area contributed by atoms with Gasteiger partial charge in [-0.3, -0.25) is 9.69 Å². The molecule has 1 atom stereocenters. The van der Waals surface area contributed by atoms with Crippen molar-refractivity contribution in [3.8, 4) is 11.1 Å². The van der Waals surface area contributed by atoms with Crippen LogP contribution >= 0.6 is 0 Å². The summed E-state index contributed by atoms with van der Waals surface area (Å²) in [5, 5.41) is 2.92. The Morgan fingerprint density at radius 3 is 2.48 bits per heavy atom. The quantitative estimate of drug-likeness (QED) is 0.921. The lowest BCUT2D eigenvalue weighted by Gasteiger charge is -2.16. The van der Waals surface area contributed by atoms with E-state index in [1.807, 2.05) is 0 Å². The summed E-state index contributed by atoms with van der Waals surface area (Å²) in [5.74, 6) is 0.490. The van der Waals surface area contributed by atoms with Crippen molar-refractivity contribution >= 4 is 5.91 Å². The summed E-state index contributed by atoms with van der Waals surface area (Å²) in [5.41, 5.74) is 6.54. The predicted molar refractivity (Wildman–Crippen MR) is 101 cm³/mol. The molecule has 2 heterocycles. The summed E-state index contributed by atoms with van der Waals surface area (Å²) in [7, 11) is 0. The standard InChI is InChI=1S/C22H26N2O/c1-16-10-17(15-24-8-2-3-9-24)12-20(11-16)18-4-6-19(7-5-18)21-13-22(25)23-14-21/h4-7,10-12,21H,2-3,8-9,13-15H2,1H3,(H,23,25). The molecule has 3 nitrogen and oxygen atoms in total. The summed E-state index contributed by atoms with van der Waals surface area (Å²) in [6.45, 7) is 6.46. The molecular weight excluding hydrogens is 308 g/mol. The van der Waals surface area contributed by atoms with Crippen LogP contribution in [-0.2, 0) is 11.3 Å². The van der Waals surface area contributed by atoms with Crippen LogP contribution in [0.5, 0.6) is 0 Å². The molecule has 0 aliphatic carbocycles. The molecule has 1 unspecified atom stereocenters. The minimum absolute atomic E-state index is 0.166. The highest BCUT2D eigenvalue weighted by Crippen LogP contribution is 2.28. The number of carbonyl (C=O) groups excluding carboxylic acids is 1. The Labute approximate surface area is 150 Å². The van der Waals surface area contributed by atoms with Crippen molar-refractivity contribution in [2.24, 2.45) is 0 Å². The number of hydrogen-bond donors (Lipinski definition) is 1. The van der Waals surface area contributed by atoms with Crippen molar-refractivity contribution < 1.29 is 4.79 Å². The maximum absolute atomic E-state index is 11.4. The summed E-state index contributed by atoms with van der Waals surface area (Å²) < 4.78 is 0. The van der Waals surface area contributed by atoms with E-state index in [1.54, 1.807) is 0 Å². The molecule has 3 heteroatoms. The van der Waals surface area contributed by atoms with Crippen LogP contribution in [0.4, 0.5) is 0 Å². The number of aryl methyl sites for hydroxylation is 1. The predicted octanol–water partition coefficient (Wildman–Crippen LogP) is 3.86. The van der Waals surface area contributed by atoms with Gasteiger partial charge >= 0.3 is 0 Å². The number of carbonyl (C=O) groups is 1. The molecule has 25 heavy (non-hydrogen) atoms. The maximum atomic E-state index is 11.4. The molecule has 2 aliphatic rings. The number of nitrogens with zero attached hydrogens (tertiary/aromatic N) is 1. The van der Waals surface area contributed by atoms with Crippen molar-refractivity contribution in [2.75, 3.05) is 19.6 Å². The van der Waals surface area contributed by atoms with Gasteiger partial charge < -0.3 is 5.32 Å². The minimum Gasteiger partial charge on any atom is -0.355 e. The van der Waals surface area contributed by atoms with Crippen LogP contribution in [0, 0.1) is 6.92 Å². The smallest absolute Gasteiger partial charge is 0.220 e. The number of likely N-dealkylation sites (tertiary alicyclic amines) is 1. The Morgan fingerprint density at radius 2 is 1.80 bits per heavy atom. The highest BCUT2D eigenvalue weighted by molar-refractivity contribution is 5.79. The van der Waals surface area contributed by atoms with Crippen LogP contribution in [0.3, 0.4) is 0 Å². The van der Waals surface area contributed by atoms with Gasteiger partial charge in [-0.15, -0.1) is 0 Å². The number of hydrogen-bond acceptors (Lipinski definition) is 2. The van der Waals surface area contributed by atoms with Crippen molar-refractivity contribution in [1.29, 1.82) is 0 Å². The summed E-state index contributed by atoms with van der Waals surface area (Å²) in [4.78, 5) is 14.0. The minimum atomic E-state index is 0.166. The molecule has 130 valence electrons. The molecule has 2 aromatic rings. The normalized spacial score (nSPS) is 20.8. The number of benzene rings is 2. The fraction of sp³-hybridized carbons (Fsp3) is 0.409. The zero-order chi connectivity index (χ0) is 17.2. The van der Waals surface area contributed by atoms with E-state index in [0.717, 1.165) is 13.1 Å². The highest BCUT2D eigenvalue weighted by atomic mass is 16.1. The van der Waals surface area contributed by atoms with Crippen LogP contribution in [0.25, 0.3) is 11.1 Å². The SMILES string of the molecule is Cc1cc(CN2CCCC2)cc(-c2ccc(C3CNC(=O)C3)cc2)c1. The molecule has 2 saturated heterocycles. The Morgan fingerprint density at radius 1 is 1.04 bits per heavy atom. The van der Waals surface area contributed by atoms with E-state index < -0.39 is 0 Å². The van der Waals surface area contributed by atoms with E-state index in [0.29, 0.717) is 12.3 Å². The lowest BCUT2D eigenvalue weighted by atomic mass is 9.94. The average molecular weight is 334 g/mol. The van der Waals surface area contributed by atoms with Gasteiger partial charge in [-0.05, 0) is 61.2 Å². The van der Waals surface area contributed by atoms with E-state index in [1.165, 1.54) is 53.7 Å². The third kappa shape index (κ3) is 3.77. The van der Waals surface area contributed by atoms with E-state index >= 15 is 0 Å². The van der Waals surface area contributed by atoms with Crippen LogP contribution in [0.2, 0.25) is 0 Å². The van der Waals surface area contributed by atoms with Crippen LogP contribution in [0.15, 0.2) is 42.5 Å². The number of amides is 1. The lowest BCUT2D eigenvalue weighted by Crippen LogP contribution is -2.18. The van der Waals surface area contributed by atoms with Gasteiger partial charge in [-0.1, -0.05) is 42.0 Å². The molecule has 1 amide bonds. The lowest BCUT2D eigenvalue weighted by molar-refractivity contribution is -0.119. The third-order valence-electron chi connectivity index (χ3n) is 5.43. The first-order valence-electron chi connectivity index (χ1n) is 9.37.